The molecule has 0 spiro atoms. The molecule has 110 valence electrons. The quantitative estimate of drug-likeness (QED) is 0.941. The average molecular weight is 285 g/mol. The summed E-state index contributed by atoms with van der Waals surface area (Å²) in [5.74, 6) is -0.891. The summed E-state index contributed by atoms with van der Waals surface area (Å²) in [6.45, 7) is 2.86. The topological polar surface area (TPSA) is 49.8 Å². The molecular formula is C17H19NO3. The van der Waals surface area contributed by atoms with Gasteiger partial charge in [-0.2, -0.15) is 0 Å². The van der Waals surface area contributed by atoms with Gasteiger partial charge in [0.1, 0.15) is 0 Å². The lowest BCUT2D eigenvalue weighted by atomic mass is 10.0. The van der Waals surface area contributed by atoms with Crippen LogP contribution in [0.4, 0.5) is 5.69 Å². The van der Waals surface area contributed by atoms with Gasteiger partial charge in [0.2, 0.25) is 0 Å². The molecule has 3 rings (SSSR count). The Bertz CT molecular complexity index is 683. The number of aromatic carboxylic acids is 1. The zero-order valence-corrected chi connectivity index (χ0v) is 12.2. The van der Waals surface area contributed by atoms with E-state index in [-0.39, 0.29) is 6.10 Å². The predicted octanol–water partition coefficient (Wildman–Crippen LogP) is 3.15. The van der Waals surface area contributed by atoms with Crippen molar-refractivity contribution in [3.05, 3.63) is 42.0 Å². The number of carboxylic acids is 1. The van der Waals surface area contributed by atoms with Gasteiger partial charge in [0, 0.05) is 24.7 Å². The molecule has 1 saturated heterocycles. The van der Waals surface area contributed by atoms with Crippen LogP contribution in [0.15, 0.2) is 36.4 Å². The van der Waals surface area contributed by atoms with E-state index < -0.39 is 5.97 Å². The van der Waals surface area contributed by atoms with Crippen molar-refractivity contribution in [2.75, 3.05) is 18.6 Å². The van der Waals surface area contributed by atoms with Gasteiger partial charge >= 0.3 is 5.97 Å². The van der Waals surface area contributed by atoms with Gasteiger partial charge < -0.3 is 14.7 Å². The summed E-state index contributed by atoms with van der Waals surface area (Å²) >= 11 is 0. The van der Waals surface area contributed by atoms with Gasteiger partial charge in [0.25, 0.3) is 0 Å². The Labute approximate surface area is 123 Å². The fourth-order valence-electron chi connectivity index (χ4n) is 3.18. The Morgan fingerprint density at radius 3 is 2.57 bits per heavy atom. The van der Waals surface area contributed by atoms with E-state index in [4.69, 9.17) is 4.74 Å². The van der Waals surface area contributed by atoms with Crippen molar-refractivity contribution in [2.45, 2.75) is 25.5 Å². The van der Waals surface area contributed by atoms with E-state index >= 15 is 0 Å². The van der Waals surface area contributed by atoms with Gasteiger partial charge in [-0.1, -0.05) is 24.3 Å². The van der Waals surface area contributed by atoms with E-state index in [1.165, 1.54) is 0 Å². The minimum absolute atomic E-state index is 0.188. The van der Waals surface area contributed by atoms with Gasteiger partial charge in [0.05, 0.1) is 17.7 Å². The van der Waals surface area contributed by atoms with Crippen molar-refractivity contribution in [2.24, 2.45) is 0 Å². The van der Waals surface area contributed by atoms with Crippen LogP contribution in [0.5, 0.6) is 0 Å². The zero-order chi connectivity index (χ0) is 15.0. The van der Waals surface area contributed by atoms with Crippen molar-refractivity contribution >= 4 is 22.4 Å². The van der Waals surface area contributed by atoms with Crippen LogP contribution in [-0.2, 0) is 4.74 Å². The highest BCUT2D eigenvalue weighted by Gasteiger charge is 2.29. The van der Waals surface area contributed by atoms with Crippen LogP contribution in [0.2, 0.25) is 0 Å². The Kier molecular flexibility index (Phi) is 3.55. The van der Waals surface area contributed by atoms with Gasteiger partial charge in [-0.3, -0.25) is 0 Å². The molecule has 1 aliphatic rings. The summed E-state index contributed by atoms with van der Waals surface area (Å²) < 4.78 is 5.65. The number of ether oxygens (including phenoxy) is 1. The molecule has 4 heteroatoms. The number of likely N-dealkylation sites (N-methyl/N-ethyl adjacent to an activating group) is 1. The number of hydrogen-bond donors (Lipinski definition) is 1. The predicted molar refractivity (Wildman–Crippen MR) is 83.1 cm³/mol. The van der Waals surface area contributed by atoms with Gasteiger partial charge in [-0.15, -0.1) is 0 Å². The van der Waals surface area contributed by atoms with Crippen molar-refractivity contribution in [1.82, 2.24) is 0 Å². The number of nitrogens with zero attached hydrogens (tertiary/aromatic N) is 1. The minimum Gasteiger partial charge on any atom is -0.478 e. The van der Waals surface area contributed by atoms with Gasteiger partial charge in [-0.25, -0.2) is 4.79 Å². The molecule has 0 aliphatic carbocycles. The van der Waals surface area contributed by atoms with Crippen LogP contribution in [0, 0.1) is 0 Å². The Morgan fingerprint density at radius 1 is 1.24 bits per heavy atom. The summed E-state index contributed by atoms with van der Waals surface area (Å²) in [4.78, 5) is 13.6. The summed E-state index contributed by atoms with van der Waals surface area (Å²) in [5.41, 5.74) is 1.40. The van der Waals surface area contributed by atoms with Crippen LogP contribution in [0.1, 0.15) is 23.7 Å². The third kappa shape index (κ3) is 2.36. The number of anilines is 1. The highest BCUT2D eigenvalue weighted by Crippen LogP contribution is 2.32. The van der Waals surface area contributed by atoms with Crippen LogP contribution in [-0.4, -0.2) is 36.9 Å². The molecule has 1 fully saturated rings. The third-order valence-electron chi connectivity index (χ3n) is 4.35. The minimum atomic E-state index is -0.891. The molecule has 0 aromatic heterocycles. The zero-order valence-electron chi connectivity index (χ0n) is 12.2. The first-order valence-electron chi connectivity index (χ1n) is 7.19. The first-order chi connectivity index (χ1) is 10.1. The first kappa shape index (κ1) is 13.9. The molecule has 2 aromatic carbocycles. The van der Waals surface area contributed by atoms with E-state index in [1.807, 2.05) is 30.3 Å². The highest BCUT2D eigenvalue weighted by molar-refractivity contribution is 6.07. The van der Waals surface area contributed by atoms with Crippen molar-refractivity contribution in [3.63, 3.8) is 0 Å². The Morgan fingerprint density at radius 2 is 1.95 bits per heavy atom. The monoisotopic (exact) mass is 285 g/mol. The summed E-state index contributed by atoms with van der Waals surface area (Å²) in [6.07, 6.45) is 1.18. The van der Waals surface area contributed by atoms with E-state index in [9.17, 15) is 9.90 Å². The number of carbonyl (C=O) groups is 1. The molecule has 1 heterocycles. The summed E-state index contributed by atoms with van der Waals surface area (Å²) in [6, 6.07) is 11.6. The SMILES string of the molecule is CC1OCCC1N(C)c1ccc(C(=O)O)c2ccccc12. The normalized spacial score (nSPS) is 21.6. The maximum Gasteiger partial charge on any atom is 0.336 e. The molecular weight excluding hydrogens is 266 g/mol. The van der Waals surface area contributed by atoms with Crippen LogP contribution in [0.3, 0.4) is 0 Å². The molecule has 2 aromatic rings. The number of rotatable bonds is 3. The largest absolute Gasteiger partial charge is 0.478 e. The second kappa shape index (κ2) is 5.37. The smallest absolute Gasteiger partial charge is 0.336 e. The third-order valence-corrected chi connectivity index (χ3v) is 4.35. The van der Waals surface area contributed by atoms with E-state index in [0.29, 0.717) is 11.6 Å². The standard InChI is InChI=1S/C17H19NO3/c1-11-15(9-10-21-11)18(2)16-8-7-14(17(19)20)12-5-3-4-6-13(12)16/h3-8,11,15H,9-10H2,1-2H3,(H,19,20). The molecule has 1 aliphatic heterocycles. The van der Waals surface area contributed by atoms with E-state index in [2.05, 4.69) is 18.9 Å². The average Bonchev–Trinajstić information content (AvgIpc) is 2.91. The highest BCUT2D eigenvalue weighted by atomic mass is 16.5. The molecule has 1 N–H and O–H groups in total. The number of fused-ring (bicyclic) bond motifs is 1. The molecule has 0 radical (unpaired) electrons. The lowest BCUT2D eigenvalue weighted by Crippen LogP contribution is -2.36. The summed E-state index contributed by atoms with van der Waals surface area (Å²) in [5, 5.41) is 11.1. The first-order valence-corrected chi connectivity index (χ1v) is 7.19. The second-order valence-corrected chi connectivity index (χ2v) is 5.53. The number of hydrogen-bond acceptors (Lipinski definition) is 3. The van der Waals surface area contributed by atoms with Crippen LogP contribution < -0.4 is 4.90 Å². The fourth-order valence-corrected chi connectivity index (χ4v) is 3.18. The molecule has 2 atom stereocenters. The van der Waals surface area contributed by atoms with Crippen molar-refractivity contribution in [3.8, 4) is 0 Å². The van der Waals surface area contributed by atoms with Crippen LogP contribution >= 0.6 is 0 Å². The van der Waals surface area contributed by atoms with Gasteiger partial charge in [0.15, 0.2) is 0 Å². The maximum atomic E-state index is 11.4. The van der Waals surface area contributed by atoms with Gasteiger partial charge in [-0.05, 0) is 30.9 Å². The fraction of sp³-hybridized carbons (Fsp3) is 0.353. The molecule has 0 saturated carbocycles. The molecule has 21 heavy (non-hydrogen) atoms. The van der Waals surface area contributed by atoms with E-state index in [0.717, 1.165) is 29.5 Å². The van der Waals surface area contributed by atoms with E-state index in [1.54, 1.807) is 6.07 Å². The lowest BCUT2D eigenvalue weighted by molar-refractivity contribution is 0.0699. The molecule has 0 amide bonds. The Hall–Kier alpha value is -2.07. The molecule has 0 bridgehead atoms. The molecule has 4 nitrogen and oxygen atoms in total. The Balaban J connectivity index is 2.11. The molecule has 2 unspecified atom stereocenters. The van der Waals surface area contributed by atoms with Crippen molar-refractivity contribution < 1.29 is 14.6 Å². The maximum absolute atomic E-state index is 11.4. The number of benzene rings is 2. The second-order valence-electron chi connectivity index (χ2n) is 5.53. The number of carboxylic acid groups (broad SMARTS) is 1. The van der Waals surface area contributed by atoms with Crippen LogP contribution in [0.25, 0.3) is 10.8 Å². The lowest BCUT2D eigenvalue weighted by Gasteiger charge is -2.30. The summed E-state index contributed by atoms with van der Waals surface area (Å²) in [7, 11) is 2.05. The van der Waals surface area contributed by atoms with Crippen molar-refractivity contribution in [1.29, 1.82) is 0 Å².